The number of carboxylic acids is 1. The fourth-order valence-corrected chi connectivity index (χ4v) is 1.70. The maximum Gasteiger partial charge on any atom is 0.335 e. The summed E-state index contributed by atoms with van der Waals surface area (Å²) >= 11 is 3.33. The molecule has 0 fully saturated rings. The minimum atomic E-state index is -0.925. The van der Waals surface area contributed by atoms with Gasteiger partial charge in [-0.3, -0.25) is 0 Å². The Labute approximate surface area is 102 Å². The number of rotatable bonds is 6. The summed E-state index contributed by atoms with van der Waals surface area (Å²) in [7, 11) is 1.55. The molecular formula is C11H13BrO4. The summed E-state index contributed by atoms with van der Waals surface area (Å²) in [5, 5.41) is 8.64. The monoisotopic (exact) mass is 288 g/mol. The van der Waals surface area contributed by atoms with Gasteiger partial charge in [0.1, 0.15) is 11.8 Å². The van der Waals surface area contributed by atoms with Crippen molar-refractivity contribution < 1.29 is 19.4 Å². The highest BCUT2D eigenvalue weighted by Crippen LogP contribution is 2.13. The van der Waals surface area contributed by atoms with Gasteiger partial charge in [0, 0.05) is 13.5 Å². The summed E-state index contributed by atoms with van der Waals surface area (Å²) in [6.45, 7) is 0.203. The first-order chi connectivity index (χ1) is 7.63. The first-order valence-electron chi connectivity index (χ1n) is 4.70. The van der Waals surface area contributed by atoms with Gasteiger partial charge >= 0.3 is 5.97 Å². The molecule has 1 atom stereocenters. The fourth-order valence-electron chi connectivity index (χ4n) is 1.22. The minimum Gasteiger partial charge on any atom is -0.478 e. The smallest absolute Gasteiger partial charge is 0.335 e. The largest absolute Gasteiger partial charge is 0.478 e. The number of halogens is 1. The number of benzene rings is 1. The molecule has 5 heteroatoms. The van der Waals surface area contributed by atoms with Crippen LogP contribution in [0.3, 0.4) is 0 Å². The van der Waals surface area contributed by atoms with Crippen LogP contribution in [0.1, 0.15) is 15.9 Å². The van der Waals surface area contributed by atoms with E-state index in [1.54, 1.807) is 25.3 Å². The summed E-state index contributed by atoms with van der Waals surface area (Å²) in [4.78, 5) is 10.7. The number of carbonyl (C=O) groups is 1. The predicted molar refractivity (Wildman–Crippen MR) is 62.8 cm³/mol. The highest BCUT2D eigenvalue weighted by molar-refractivity contribution is 9.09. The Hall–Kier alpha value is -0.910. The SMILES string of the molecule is COCOC(Br)Cc1cccc(C(=O)O)c1. The molecule has 0 saturated heterocycles. The molecule has 0 radical (unpaired) electrons. The zero-order chi connectivity index (χ0) is 12.0. The first kappa shape index (κ1) is 13.2. The van der Waals surface area contributed by atoms with Crippen molar-refractivity contribution in [1.82, 2.24) is 0 Å². The number of carboxylic acid groups (broad SMARTS) is 1. The van der Waals surface area contributed by atoms with Gasteiger partial charge in [-0.1, -0.05) is 28.1 Å². The molecule has 0 aliphatic carbocycles. The molecule has 4 nitrogen and oxygen atoms in total. The Morgan fingerprint density at radius 2 is 2.31 bits per heavy atom. The van der Waals surface area contributed by atoms with Crippen molar-refractivity contribution in [3.05, 3.63) is 35.4 Å². The van der Waals surface area contributed by atoms with Crippen LogP contribution < -0.4 is 0 Å². The molecule has 0 spiro atoms. The van der Waals surface area contributed by atoms with Gasteiger partial charge in [-0.25, -0.2) is 4.79 Å². The third-order valence-electron chi connectivity index (χ3n) is 1.94. The van der Waals surface area contributed by atoms with Crippen molar-refractivity contribution >= 4 is 21.9 Å². The lowest BCUT2D eigenvalue weighted by Gasteiger charge is -2.10. The fraction of sp³-hybridized carbons (Fsp3) is 0.364. The normalized spacial score (nSPS) is 12.4. The molecule has 0 amide bonds. The van der Waals surface area contributed by atoms with Gasteiger partial charge in [0.05, 0.1) is 5.56 Å². The van der Waals surface area contributed by atoms with Crippen LogP contribution in [0.4, 0.5) is 0 Å². The molecular weight excluding hydrogens is 276 g/mol. The molecule has 0 bridgehead atoms. The molecule has 0 heterocycles. The number of hydrogen-bond donors (Lipinski definition) is 1. The van der Waals surface area contributed by atoms with E-state index in [0.29, 0.717) is 6.42 Å². The van der Waals surface area contributed by atoms with Gasteiger partial charge in [0.15, 0.2) is 0 Å². The van der Waals surface area contributed by atoms with Crippen LogP contribution in [0.5, 0.6) is 0 Å². The van der Waals surface area contributed by atoms with Crippen LogP contribution in [-0.2, 0) is 15.9 Å². The first-order valence-corrected chi connectivity index (χ1v) is 5.62. The summed E-state index contributed by atoms with van der Waals surface area (Å²) in [6, 6.07) is 6.77. The Balaban J connectivity index is 2.59. The Kier molecular flexibility index (Phi) is 5.45. The number of alkyl halides is 1. The average Bonchev–Trinajstić information content (AvgIpc) is 2.26. The van der Waals surface area contributed by atoms with Crippen LogP contribution >= 0.6 is 15.9 Å². The minimum absolute atomic E-state index is 0.184. The quantitative estimate of drug-likeness (QED) is 0.644. The van der Waals surface area contributed by atoms with Gasteiger partial charge < -0.3 is 14.6 Å². The van der Waals surface area contributed by atoms with E-state index in [9.17, 15) is 4.79 Å². The van der Waals surface area contributed by atoms with E-state index < -0.39 is 5.97 Å². The molecule has 1 N–H and O–H groups in total. The van der Waals surface area contributed by atoms with Crippen LogP contribution in [-0.4, -0.2) is 30.0 Å². The van der Waals surface area contributed by atoms with Crippen molar-refractivity contribution in [3.63, 3.8) is 0 Å². The van der Waals surface area contributed by atoms with Gasteiger partial charge in [0.2, 0.25) is 0 Å². The lowest BCUT2D eigenvalue weighted by atomic mass is 10.1. The van der Waals surface area contributed by atoms with Crippen molar-refractivity contribution in [1.29, 1.82) is 0 Å². The van der Waals surface area contributed by atoms with E-state index in [1.165, 1.54) is 0 Å². The molecule has 0 aromatic heterocycles. The maximum atomic E-state index is 10.7. The highest BCUT2D eigenvalue weighted by Gasteiger charge is 2.08. The van der Waals surface area contributed by atoms with E-state index in [4.69, 9.17) is 14.6 Å². The number of aromatic carboxylic acids is 1. The zero-order valence-electron chi connectivity index (χ0n) is 8.85. The van der Waals surface area contributed by atoms with Gasteiger partial charge in [-0.05, 0) is 17.7 Å². The summed E-state index contributed by atoms with van der Waals surface area (Å²) < 4.78 is 10.0. The second kappa shape index (κ2) is 6.62. The highest BCUT2D eigenvalue weighted by atomic mass is 79.9. The topological polar surface area (TPSA) is 55.8 Å². The van der Waals surface area contributed by atoms with E-state index in [2.05, 4.69) is 15.9 Å². The molecule has 0 saturated carbocycles. The average molecular weight is 289 g/mol. The Bertz CT molecular complexity index is 354. The third kappa shape index (κ3) is 4.30. The van der Waals surface area contributed by atoms with Crippen LogP contribution in [0.25, 0.3) is 0 Å². The number of hydrogen-bond acceptors (Lipinski definition) is 3. The number of ether oxygens (including phenoxy) is 2. The van der Waals surface area contributed by atoms with Crippen molar-refractivity contribution in [2.24, 2.45) is 0 Å². The zero-order valence-corrected chi connectivity index (χ0v) is 10.4. The van der Waals surface area contributed by atoms with E-state index >= 15 is 0 Å². The molecule has 1 aromatic rings. The maximum absolute atomic E-state index is 10.7. The Morgan fingerprint density at radius 1 is 1.56 bits per heavy atom. The molecule has 0 aliphatic heterocycles. The molecule has 88 valence electrons. The van der Waals surface area contributed by atoms with E-state index in [1.807, 2.05) is 6.07 Å². The molecule has 0 aliphatic rings. The van der Waals surface area contributed by atoms with Crippen LogP contribution in [0.15, 0.2) is 24.3 Å². The second-order valence-corrected chi connectivity index (χ2v) is 4.21. The van der Waals surface area contributed by atoms with Gasteiger partial charge in [-0.2, -0.15) is 0 Å². The molecule has 16 heavy (non-hydrogen) atoms. The van der Waals surface area contributed by atoms with Crippen molar-refractivity contribution in [2.75, 3.05) is 13.9 Å². The van der Waals surface area contributed by atoms with Gasteiger partial charge in [-0.15, -0.1) is 0 Å². The van der Waals surface area contributed by atoms with E-state index in [-0.39, 0.29) is 17.4 Å². The third-order valence-corrected chi connectivity index (χ3v) is 2.52. The lowest BCUT2D eigenvalue weighted by molar-refractivity contribution is -0.0391. The second-order valence-electron chi connectivity index (χ2n) is 3.19. The Morgan fingerprint density at radius 3 is 2.94 bits per heavy atom. The van der Waals surface area contributed by atoms with Crippen molar-refractivity contribution in [2.45, 2.75) is 11.4 Å². The van der Waals surface area contributed by atoms with Gasteiger partial charge in [0.25, 0.3) is 0 Å². The summed E-state index contributed by atoms with van der Waals surface area (Å²) in [5.41, 5.74) is 1.18. The van der Waals surface area contributed by atoms with Crippen LogP contribution in [0, 0.1) is 0 Å². The number of methoxy groups -OCH3 is 1. The molecule has 1 rings (SSSR count). The lowest BCUT2D eigenvalue weighted by Crippen LogP contribution is -2.10. The molecule has 1 aromatic carbocycles. The van der Waals surface area contributed by atoms with E-state index in [0.717, 1.165) is 5.56 Å². The van der Waals surface area contributed by atoms with Crippen molar-refractivity contribution in [3.8, 4) is 0 Å². The van der Waals surface area contributed by atoms with Crippen LogP contribution in [0.2, 0.25) is 0 Å². The summed E-state index contributed by atoms with van der Waals surface area (Å²) in [6.07, 6.45) is 0.588. The molecule has 1 unspecified atom stereocenters. The summed E-state index contributed by atoms with van der Waals surface area (Å²) in [5.74, 6) is -0.925. The standard InChI is InChI=1S/C11H13BrO4/c1-15-7-16-10(12)6-8-3-2-4-9(5-8)11(13)14/h2-5,10H,6-7H2,1H3,(H,13,14). The predicted octanol–water partition coefficient (Wildman–Crippen LogP) is 2.27.